The molecule has 3 saturated heterocycles. The van der Waals surface area contributed by atoms with Crippen molar-refractivity contribution in [1.82, 2.24) is 69.0 Å². The molecule has 6 aliphatic heterocycles. The molecule has 5 aromatic heterocycles. The Balaban J connectivity index is 0.000000141. The molecule has 6 aliphatic rings. The fourth-order valence-electron chi connectivity index (χ4n) is 14.8. The maximum absolute atomic E-state index is 12.4. The molecule has 5 aromatic carbocycles. The van der Waals surface area contributed by atoms with Crippen molar-refractivity contribution < 1.29 is 33.3 Å². The molecule has 3 amide bonds. The zero-order chi connectivity index (χ0) is 79.0. The van der Waals surface area contributed by atoms with Crippen molar-refractivity contribution in [2.24, 2.45) is 17.2 Å². The summed E-state index contributed by atoms with van der Waals surface area (Å²) in [5.74, 6) is 4.82. The number of halogens is 3. The van der Waals surface area contributed by atoms with E-state index in [2.05, 4.69) is 146 Å². The number of carbonyl (C=O) groups is 3. The lowest BCUT2D eigenvalue weighted by atomic mass is 10.0. The number of ether oxygens (including phenoxy) is 4. The van der Waals surface area contributed by atoms with E-state index in [-0.39, 0.29) is 46.4 Å². The Morgan fingerprint density at radius 2 is 0.982 bits per heavy atom. The topological polar surface area (TPSA) is 345 Å². The lowest BCUT2D eigenvalue weighted by Gasteiger charge is -2.33. The van der Waals surface area contributed by atoms with E-state index in [0.717, 1.165) is 203 Å². The Hall–Kier alpha value is -10.7. The summed E-state index contributed by atoms with van der Waals surface area (Å²) in [6.07, 6.45) is 14.8. The number of aromatic nitrogens is 10. The highest BCUT2D eigenvalue weighted by molar-refractivity contribution is 6.32. The quantitative estimate of drug-likeness (QED) is 0.0324. The highest BCUT2D eigenvalue weighted by Gasteiger charge is 2.37. The number of nitrogens with one attached hydrogen (secondary N) is 2. The Labute approximate surface area is 667 Å². The summed E-state index contributed by atoms with van der Waals surface area (Å²) in [4.78, 5) is 81.4. The molecular formula is C81H96Cl3N21O7. The molecular weight excluding hydrogens is 1490 g/mol. The summed E-state index contributed by atoms with van der Waals surface area (Å²) < 4.78 is 25.1. The van der Waals surface area contributed by atoms with Crippen molar-refractivity contribution in [3.8, 4) is 34.4 Å². The number of rotatable bonds is 19. The standard InChI is InChI=1S/C31H36N8O2.C19H22ClN5O.C14H13Cl2N3.C12H15N3O3.C5H10N2O/c1-20-14-23(15-27(41-3)21(20)2)38-18-28(33-19-38)35-31-34-25-11-13-37(16-22-8-5-4-6-9-22)17-24(25)30(36-31)39-12-7-10-26(39)29(32)40;20-19-22-15-8-10-24(11-13-5-2-1-3-6-13)12-14(15)18(23-19)25-9-4-7-16(25)17(21)26;15-13-11-9-19(8-10-4-2-1-3-5-10)7-6-12(11)17-14(16)18-13;1-16-9-4-8(15-6-11(13)14-7-15)5-10(17-2)12(9)18-3;6-5(8)4-2-1-3-7-4/h4-6,8-9,14-15,18-19,26H,7,10-13,16-17H2,1-3H3,(H2,32,40)(H,34,35,36);1-3,5-6,16H,4,7-12H2,(H2,21,26);1-5H,6-9H2;4-7H,13H2,1-3H3;4,7H,1-3H2,(H2,6,8)/t26-;16-;;;4-/m00..0/s1. The third kappa shape index (κ3) is 20.3. The van der Waals surface area contributed by atoms with Gasteiger partial charge in [0.2, 0.25) is 40.0 Å². The number of anilines is 5. The first-order valence-electron chi connectivity index (χ1n) is 37.4. The maximum Gasteiger partial charge on any atom is 0.240 e. The van der Waals surface area contributed by atoms with Crippen LogP contribution in [0.4, 0.5) is 29.2 Å². The van der Waals surface area contributed by atoms with Gasteiger partial charge in [0, 0.05) is 126 Å². The van der Waals surface area contributed by atoms with Crippen LogP contribution in [0.2, 0.25) is 15.7 Å². The molecule has 16 rings (SSSR count). The minimum atomic E-state index is -0.370. The van der Waals surface area contributed by atoms with Crippen molar-refractivity contribution in [2.75, 3.05) is 88.6 Å². The van der Waals surface area contributed by atoms with Crippen molar-refractivity contribution in [3.63, 3.8) is 0 Å². The molecule has 0 radical (unpaired) electrons. The van der Waals surface area contributed by atoms with Gasteiger partial charge in [-0.05, 0) is 116 Å². The second kappa shape index (κ2) is 38.0. The minimum absolute atomic E-state index is 0.0463. The first kappa shape index (κ1) is 80.8. The van der Waals surface area contributed by atoms with E-state index in [4.69, 9.17) is 86.7 Å². The number of benzene rings is 5. The number of amides is 3. The van der Waals surface area contributed by atoms with Gasteiger partial charge < -0.3 is 71.4 Å². The van der Waals surface area contributed by atoms with Crippen LogP contribution in [-0.2, 0) is 72.9 Å². The van der Waals surface area contributed by atoms with Crippen LogP contribution in [0.25, 0.3) is 11.4 Å². The fraction of sp³-hybridized carbons (Fsp3) is 0.370. The average molecular weight is 1580 g/mol. The van der Waals surface area contributed by atoms with Gasteiger partial charge in [-0.25, -0.2) is 34.9 Å². The van der Waals surface area contributed by atoms with Crippen LogP contribution in [-0.4, -0.2) is 167 Å². The van der Waals surface area contributed by atoms with Crippen molar-refractivity contribution in [2.45, 2.75) is 129 Å². The van der Waals surface area contributed by atoms with E-state index in [1.54, 1.807) is 51.9 Å². The van der Waals surface area contributed by atoms with Gasteiger partial charge >= 0.3 is 0 Å². The molecule has 0 unspecified atom stereocenters. The second-order valence-corrected chi connectivity index (χ2v) is 29.1. The summed E-state index contributed by atoms with van der Waals surface area (Å²) in [7, 11) is 6.39. The predicted molar refractivity (Wildman–Crippen MR) is 434 cm³/mol. The van der Waals surface area contributed by atoms with Crippen molar-refractivity contribution in [1.29, 1.82) is 0 Å². The SMILES string of the molecule is COc1cc(-n2cnc(N)c2)cc(OC)c1OC.COc1cc(-n2cnc(Nc3nc4c(c(N5CCC[C@H]5C(N)=O)n3)CN(Cc3ccccc3)CC4)c2)cc(C)c1C.Clc1nc(Cl)c2c(n1)CCN(Cc1ccccc1)C2.NC(=O)[C@@H]1CCCN1.NC(=O)[C@@H]1CCCN1c1nc(Cl)nc2c1CN(Cc1ccccc1)CC2. The van der Waals surface area contributed by atoms with Crippen LogP contribution in [0, 0.1) is 13.8 Å². The maximum atomic E-state index is 12.4. The van der Waals surface area contributed by atoms with Gasteiger partial charge in [-0.3, -0.25) is 29.1 Å². The van der Waals surface area contributed by atoms with Crippen LogP contribution in [0.3, 0.4) is 0 Å². The first-order valence-corrected chi connectivity index (χ1v) is 38.5. The van der Waals surface area contributed by atoms with Gasteiger partial charge in [0.15, 0.2) is 17.3 Å². The lowest BCUT2D eigenvalue weighted by Crippen LogP contribution is -2.42. The van der Waals surface area contributed by atoms with E-state index in [9.17, 15) is 14.4 Å². The van der Waals surface area contributed by atoms with E-state index in [0.29, 0.717) is 46.5 Å². The van der Waals surface area contributed by atoms with Crippen LogP contribution in [0.1, 0.15) is 100 Å². The molecule has 0 aliphatic carbocycles. The average Bonchev–Trinajstić information content (AvgIpc) is 1.28. The highest BCUT2D eigenvalue weighted by Crippen LogP contribution is 2.41. The zero-order valence-electron chi connectivity index (χ0n) is 63.9. The molecule has 588 valence electrons. The number of primary amides is 3. The third-order valence-electron chi connectivity index (χ3n) is 20.6. The molecule has 0 bridgehead atoms. The lowest BCUT2D eigenvalue weighted by molar-refractivity contribution is -0.120. The number of carbonyl (C=O) groups excluding carboxylic acids is 3. The number of nitrogen functional groups attached to an aromatic ring is 1. The summed E-state index contributed by atoms with van der Waals surface area (Å²) in [5.41, 5.74) is 36.0. The molecule has 3 atom stereocenters. The zero-order valence-corrected chi connectivity index (χ0v) is 66.1. The predicted octanol–water partition coefficient (Wildman–Crippen LogP) is 10.2. The highest BCUT2D eigenvalue weighted by atomic mass is 35.5. The molecule has 10 aromatic rings. The number of nitrogens with two attached hydrogens (primary N) is 4. The van der Waals surface area contributed by atoms with E-state index < -0.39 is 0 Å². The molecule has 0 spiro atoms. The number of aryl methyl sites for hydroxylation is 1. The smallest absolute Gasteiger partial charge is 0.240 e. The summed E-state index contributed by atoms with van der Waals surface area (Å²) in [6.45, 7) is 14.2. The molecule has 31 heteroatoms. The van der Waals surface area contributed by atoms with Gasteiger partial charge in [0.1, 0.15) is 53.1 Å². The normalized spacial score (nSPS) is 17.1. The number of hydrogen-bond donors (Lipinski definition) is 6. The first-order chi connectivity index (χ1) is 54.2. The van der Waals surface area contributed by atoms with Gasteiger partial charge in [-0.2, -0.15) is 4.98 Å². The molecule has 11 heterocycles. The Kier molecular flexibility index (Phi) is 27.4. The number of hydrogen-bond acceptors (Lipinski definition) is 23. The van der Waals surface area contributed by atoms with E-state index in [1.165, 1.54) is 16.7 Å². The largest absolute Gasteiger partial charge is 0.496 e. The van der Waals surface area contributed by atoms with E-state index >= 15 is 0 Å². The molecule has 112 heavy (non-hydrogen) atoms. The van der Waals surface area contributed by atoms with Gasteiger partial charge in [-0.15, -0.1) is 0 Å². The van der Waals surface area contributed by atoms with E-state index in [1.807, 2.05) is 59.0 Å². The number of imidazole rings is 2. The number of methoxy groups -OCH3 is 4. The minimum Gasteiger partial charge on any atom is -0.496 e. The van der Waals surface area contributed by atoms with Gasteiger partial charge in [-0.1, -0.05) is 103 Å². The number of nitrogens with zero attached hydrogens (tertiary/aromatic N) is 15. The summed E-state index contributed by atoms with van der Waals surface area (Å²) >= 11 is 18.2. The Bertz CT molecular complexity index is 4860. The van der Waals surface area contributed by atoms with Crippen LogP contribution >= 0.6 is 34.8 Å². The van der Waals surface area contributed by atoms with Crippen LogP contribution in [0.5, 0.6) is 23.0 Å². The molecule has 0 saturated carbocycles. The second-order valence-electron chi connectivity index (χ2n) is 28.1. The van der Waals surface area contributed by atoms with Crippen LogP contribution in [0.15, 0.2) is 140 Å². The summed E-state index contributed by atoms with van der Waals surface area (Å²) in [5, 5.41) is 7.25. The fourth-order valence-corrected chi connectivity index (χ4v) is 15.5. The van der Waals surface area contributed by atoms with Gasteiger partial charge in [0.25, 0.3) is 0 Å². The van der Waals surface area contributed by atoms with Crippen molar-refractivity contribution >= 4 is 81.7 Å². The Morgan fingerprint density at radius 1 is 0.518 bits per heavy atom. The molecule has 10 N–H and O–H groups in total. The Morgan fingerprint density at radius 3 is 1.45 bits per heavy atom. The third-order valence-corrected chi connectivity index (χ3v) is 21.3. The molecule has 28 nitrogen and oxygen atoms in total. The van der Waals surface area contributed by atoms with Crippen LogP contribution < -0.4 is 62.3 Å². The monoisotopic (exact) mass is 1580 g/mol. The van der Waals surface area contributed by atoms with Gasteiger partial charge in [0.05, 0.1) is 75.3 Å². The summed E-state index contributed by atoms with van der Waals surface area (Å²) in [6, 6.07) is 38.3. The molecule has 3 fully saturated rings. The van der Waals surface area contributed by atoms with Crippen molar-refractivity contribution in [3.05, 3.63) is 218 Å². The number of fused-ring (bicyclic) bond motifs is 3.